The Morgan fingerprint density at radius 3 is 2.68 bits per heavy atom. The van der Waals surface area contributed by atoms with Crippen molar-refractivity contribution in [3.8, 4) is 0 Å². The van der Waals surface area contributed by atoms with Gasteiger partial charge in [-0.25, -0.2) is 9.97 Å². The summed E-state index contributed by atoms with van der Waals surface area (Å²) in [4.78, 5) is 41.2. The number of nitrogens with zero attached hydrogens (tertiary/aromatic N) is 4. The molecule has 0 radical (unpaired) electrons. The number of hydrogen-bond donors (Lipinski definition) is 2. The topological polar surface area (TPSA) is 105 Å². The maximum absolute atomic E-state index is 13.5. The Labute approximate surface area is 227 Å². The quantitative estimate of drug-likeness (QED) is 0.420. The molecule has 1 aliphatic heterocycles. The number of H-pyrrole nitrogens is 1. The average molecular weight is 539 g/mol. The molecule has 38 heavy (non-hydrogen) atoms. The molecule has 9 nitrogen and oxygen atoms in total. The standard InChI is InChI=1S/C28H38N6O3S/c1-16-10-24(38-5)22(27(35)32-16)12-30-28(36)25-18(3)34(26-23(25)11-29-15-31-26)17(2)19-6-8-20(9-7-19)33-13-21(14-33)37-4/h10-11,15,17,19-21H,6-9,12-14H2,1-5H3,(H,30,36)(H,32,35)/t17-,19?,20?/m1/s1. The third kappa shape index (κ3) is 5.01. The maximum Gasteiger partial charge on any atom is 0.254 e. The van der Waals surface area contributed by atoms with E-state index in [1.165, 1.54) is 24.6 Å². The maximum atomic E-state index is 13.5. The second kappa shape index (κ2) is 11.2. The van der Waals surface area contributed by atoms with Crippen LogP contribution in [0.25, 0.3) is 11.0 Å². The Hall–Kier alpha value is -2.69. The molecule has 1 amide bonds. The van der Waals surface area contributed by atoms with Gasteiger partial charge in [-0.3, -0.25) is 14.5 Å². The molecule has 4 heterocycles. The summed E-state index contributed by atoms with van der Waals surface area (Å²) in [5, 5.41) is 3.74. The minimum Gasteiger partial charge on any atom is -0.379 e. The molecule has 204 valence electrons. The van der Waals surface area contributed by atoms with Crippen molar-refractivity contribution < 1.29 is 9.53 Å². The average Bonchev–Trinajstić information content (AvgIpc) is 3.18. The summed E-state index contributed by atoms with van der Waals surface area (Å²) in [5.41, 5.74) is 3.47. The van der Waals surface area contributed by atoms with E-state index >= 15 is 0 Å². The highest BCUT2D eigenvalue weighted by atomic mass is 32.2. The molecule has 1 saturated carbocycles. The number of amides is 1. The minimum atomic E-state index is -0.213. The van der Waals surface area contributed by atoms with E-state index in [0.717, 1.165) is 53.2 Å². The van der Waals surface area contributed by atoms with Crippen LogP contribution in [0.2, 0.25) is 0 Å². The van der Waals surface area contributed by atoms with Crippen LogP contribution in [-0.2, 0) is 11.3 Å². The van der Waals surface area contributed by atoms with Gasteiger partial charge in [0, 0.05) is 66.9 Å². The Balaban J connectivity index is 1.35. The van der Waals surface area contributed by atoms with Gasteiger partial charge in [0.25, 0.3) is 11.5 Å². The van der Waals surface area contributed by atoms with Crippen molar-refractivity contribution in [3.05, 3.63) is 51.5 Å². The normalized spacial score (nSPS) is 21.4. The molecule has 0 spiro atoms. The molecule has 3 aromatic heterocycles. The highest BCUT2D eigenvalue weighted by Gasteiger charge is 2.36. The van der Waals surface area contributed by atoms with Gasteiger partial charge in [-0.15, -0.1) is 11.8 Å². The van der Waals surface area contributed by atoms with Crippen LogP contribution in [0.4, 0.5) is 0 Å². The van der Waals surface area contributed by atoms with Crippen molar-refractivity contribution in [2.75, 3.05) is 26.5 Å². The summed E-state index contributed by atoms with van der Waals surface area (Å²) in [5.74, 6) is 0.302. The number of carbonyl (C=O) groups is 1. The van der Waals surface area contributed by atoms with Crippen molar-refractivity contribution >= 4 is 28.7 Å². The number of fused-ring (bicyclic) bond motifs is 1. The number of methoxy groups -OCH3 is 1. The van der Waals surface area contributed by atoms with Gasteiger partial charge in [-0.2, -0.15) is 0 Å². The number of thioether (sulfide) groups is 1. The summed E-state index contributed by atoms with van der Waals surface area (Å²) in [6, 6.07) is 2.79. The fraction of sp³-hybridized carbons (Fsp3) is 0.571. The van der Waals surface area contributed by atoms with E-state index in [1.54, 1.807) is 19.6 Å². The molecular formula is C28H38N6O3S. The summed E-state index contributed by atoms with van der Waals surface area (Å²) in [7, 11) is 1.80. The van der Waals surface area contributed by atoms with Crippen molar-refractivity contribution in [2.45, 2.75) is 76.1 Å². The molecular weight excluding hydrogens is 500 g/mol. The van der Waals surface area contributed by atoms with Crippen LogP contribution in [0.5, 0.6) is 0 Å². The van der Waals surface area contributed by atoms with Crippen molar-refractivity contribution in [2.24, 2.45) is 5.92 Å². The molecule has 2 N–H and O–H groups in total. The molecule has 1 saturated heterocycles. The molecule has 5 rings (SSSR count). The summed E-state index contributed by atoms with van der Waals surface area (Å²) in [6.07, 6.45) is 10.3. The second-order valence-electron chi connectivity index (χ2n) is 10.7. The number of hydrogen-bond acceptors (Lipinski definition) is 7. The van der Waals surface area contributed by atoms with Crippen LogP contribution in [-0.4, -0.2) is 68.9 Å². The zero-order chi connectivity index (χ0) is 27.0. The van der Waals surface area contributed by atoms with Gasteiger partial charge in [-0.1, -0.05) is 0 Å². The lowest BCUT2D eigenvalue weighted by molar-refractivity contribution is -0.0605. The minimum absolute atomic E-state index is 0.157. The summed E-state index contributed by atoms with van der Waals surface area (Å²) in [6.45, 7) is 8.36. The van der Waals surface area contributed by atoms with Crippen molar-refractivity contribution in [1.82, 2.24) is 29.7 Å². The lowest BCUT2D eigenvalue weighted by atomic mass is 9.80. The van der Waals surface area contributed by atoms with E-state index in [0.29, 0.717) is 29.2 Å². The number of ether oxygens (including phenoxy) is 1. The van der Waals surface area contributed by atoms with E-state index in [2.05, 4.69) is 36.7 Å². The van der Waals surface area contributed by atoms with Gasteiger partial charge >= 0.3 is 0 Å². The van der Waals surface area contributed by atoms with Crippen LogP contribution in [0.1, 0.15) is 66.0 Å². The molecule has 1 atom stereocenters. The van der Waals surface area contributed by atoms with Crippen molar-refractivity contribution in [1.29, 1.82) is 0 Å². The number of pyridine rings is 1. The Morgan fingerprint density at radius 2 is 2.00 bits per heavy atom. The number of aromatic amines is 1. The van der Waals surface area contributed by atoms with Gasteiger partial charge in [0.1, 0.15) is 12.0 Å². The number of aryl methyl sites for hydroxylation is 1. The molecule has 10 heteroatoms. The Morgan fingerprint density at radius 1 is 1.26 bits per heavy atom. The Kier molecular flexibility index (Phi) is 7.93. The molecule has 2 fully saturated rings. The molecule has 1 aliphatic carbocycles. The first-order valence-electron chi connectivity index (χ1n) is 13.4. The zero-order valence-corrected chi connectivity index (χ0v) is 23.7. The monoisotopic (exact) mass is 538 g/mol. The third-order valence-corrected chi connectivity index (χ3v) is 9.38. The first-order chi connectivity index (χ1) is 18.3. The van der Waals surface area contributed by atoms with Crippen molar-refractivity contribution in [3.63, 3.8) is 0 Å². The third-order valence-electron chi connectivity index (χ3n) is 8.57. The van der Waals surface area contributed by atoms with Gasteiger partial charge in [0.2, 0.25) is 0 Å². The van der Waals surface area contributed by atoms with E-state index in [9.17, 15) is 9.59 Å². The van der Waals surface area contributed by atoms with E-state index < -0.39 is 0 Å². The largest absolute Gasteiger partial charge is 0.379 e. The number of nitrogens with one attached hydrogen (secondary N) is 2. The molecule has 2 aliphatic rings. The van der Waals surface area contributed by atoms with Crippen LogP contribution in [0.3, 0.4) is 0 Å². The molecule has 3 aromatic rings. The van der Waals surface area contributed by atoms with Gasteiger partial charge in [0.15, 0.2) is 0 Å². The smallest absolute Gasteiger partial charge is 0.254 e. The predicted molar refractivity (Wildman–Crippen MR) is 150 cm³/mol. The fourth-order valence-corrected chi connectivity index (χ4v) is 7.03. The van der Waals surface area contributed by atoms with Crippen LogP contribution < -0.4 is 10.9 Å². The molecule has 0 bridgehead atoms. The summed E-state index contributed by atoms with van der Waals surface area (Å²) < 4.78 is 7.69. The van der Waals surface area contributed by atoms with E-state index in [-0.39, 0.29) is 24.1 Å². The van der Waals surface area contributed by atoms with Crippen LogP contribution >= 0.6 is 11.8 Å². The number of carbonyl (C=O) groups excluding carboxylic acids is 1. The highest BCUT2D eigenvalue weighted by Crippen LogP contribution is 2.39. The van der Waals surface area contributed by atoms with Crippen LogP contribution in [0, 0.1) is 19.8 Å². The fourth-order valence-electron chi connectivity index (χ4n) is 6.32. The van der Waals surface area contributed by atoms with Crippen LogP contribution in [0.15, 0.2) is 28.3 Å². The summed E-state index contributed by atoms with van der Waals surface area (Å²) >= 11 is 1.50. The second-order valence-corrected chi connectivity index (χ2v) is 11.6. The lowest BCUT2D eigenvalue weighted by Crippen LogP contribution is -2.56. The zero-order valence-electron chi connectivity index (χ0n) is 22.9. The first-order valence-corrected chi connectivity index (χ1v) is 14.7. The lowest BCUT2D eigenvalue weighted by Gasteiger charge is -2.46. The molecule has 0 unspecified atom stereocenters. The first kappa shape index (κ1) is 26.9. The number of rotatable bonds is 8. The van der Waals surface area contributed by atoms with E-state index in [4.69, 9.17) is 4.74 Å². The van der Waals surface area contributed by atoms with Gasteiger partial charge in [-0.05, 0) is 64.7 Å². The number of aromatic nitrogens is 4. The number of likely N-dealkylation sites (tertiary alicyclic amines) is 1. The molecule has 0 aromatic carbocycles. The highest BCUT2D eigenvalue weighted by molar-refractivity contribution is 7.98. The SMILES string of the molecule is COC1CN(C2CCC([C@@H](C)n3c(C)c(C(=O)NCc4c(SC)cc(C)[nH]c4=O)c4cncnc43)CC2)C1. The van der Waals surface area contributed by atoms with Gasteiger partial charge < -0.3 is 19.6 Å². The Bertz CT molecular complexity index is 1370. The predicted octanol–water partition coefficient (Wildman–Crippen LogP) is 3.84. The van der Waals surface area contributed by atoms with Gasteiger partial charge in [0.05, 0.1) is 17.1 Å². The van der Waals surface area contributed by atoms with E-state index in [1.807, 2.05) is 26.2 Å².